The lowest BCUT2D eigenvalue weighted by Crippen LogP contribution is -2.24. The minimum Gasteiger partial charge on any atom is -0.396 e. The van der Waals surface area contributed by atoms with Crippen LogP contribution in [0.5, 0.6) is 0 Å². The van der Waals surface area contributed by atoms with E-state index in [9.17, 15) is 4.79 Å². The lowest BCUT2D eigenvalue weighted by atomic mass is 10.1. The highest BCUT2D eigenvalue weighted by Gasteiger charge is 2.22. The molecular weight excluding hydrogens is 316 g/mol. The molecule has 1 atom stereocenters. The van der Waals surface area contributed by atoms with Gasteiger partial charge in [0.15, 0.2) is 0 Å². The molecule has 0 aliphatic rings. The summed E-state index contributed by atoms with van der Waals surface area (Å²) in [6.07, 6.45) is 2.24. The van der Waals surface area contributed by atoms with Crippen molar-refractivity contribution in [2.24, 2.45) is 0 Å². The Morgan fingerprint density at radius 2 is 1.76 bits per heavy atom. The number of imidazole rings is 2. The average Bonchev–Trinajstić information content (AvgIpc) is 3.19. The molecule has 0 aliphatic carbocycles. The number of hydrogen-bond donors (Lipinski definition) is 3. The molecule has 0 saturated carbocycles. The molecule has 3 N–H and O–H groups in total. The highest BCUT2D eigenvalue weighted by atomic mass is 16.2. The zero-order valence-electron chi connectivity index (χ0n) is 13.8. The van der Waals surface area contributed by atoms with E-state index in [2.05, 4.69) is 9.97 Å². The van der Waals surface area contributed by atoms with Crippen LogP contribution in [0.2, 0.25) is 0 Å². The first-order valence-electron chi connectivity index (χ1n) is 8.52. The number of nitrogens with zero attached hydrogens (tertiary/aromatic N) is 2. The summed E-state index contributed by atoms with van der Waals surface area (Å²) in [7, 11) is 0. The van der Waals surface area contributed by atoms with Gasteiger partial charge in [-0.05, 0) is 43.5 Å². The van der Waals surface area contributed by atoms with Crippen molar-refractivity contribution in [1.29, 1.82) is 0 Å². The van der Waals surface area contributed by atoms with Crippen molar-refractivity contribution in [3.63, 3.8) is 0 Å². The second-order valence-electron chi connectivity index (χ2n) is 6.19. The van der Waals surface area contributed by atoms with Gasteiger partial charge < -0.3 is 15.1 Å². The molecule has 0 saturated heterocycles. The summed E-state index contributed by atoms with van der Waals surface area (Å²) in [5, 5.41) is 9.12. The Hall–Kier alpha value is -2.86. The molecule has 1 unspecified atom stereocenters. The molecule has 0 radical (unpaired) electrons. The average molecular weight is 336 g/mol. The van der Waals surface area contributed by atoms with Crippen LogP contribution in [0.4, 0.5) is 0 Å². The summed E-state index contributed by atoms with van der Waals surface area (Å²) in [6, 6.07) is 15.3. The first-order valence-corrected chi connectivity index (χ1v) is 8.52. The molecule has 6 heteroatoms. The highest BCUT2D eigenvalue weighted by Crippen LogP contribution is 2.26. The predicted octanol–water partition coefficient (Wildman–Crippen LogP) is 2.96. The van der Waals surface area contributed by atoms with Crippen LogP contribution in [0.15, 0.2) is 53.3 Å². The van der Waals surface area contributed by atoms with Gasteiger partial charge in [-0.15, -0.1) is 0 Å². The van der Waals surface area contributed by atoms with E-state index in [1.807, 2.05) is 48.5 Å². The van der Waals surface area contributed by atoms with Crippen LogP contribution in [0.25, 0.3) is 22.1 Å². The van der Waals surface area contributed by atoms with E-state index in [-0.39, 0.29) is 18.3 Å². The lowest BCUT2D eigenvalue weighted by molar-refractivity contribution is 0.279. The van der Waals surface area contributed by atoms with Crippen molar-refractivity contribution < 1.29 is 5.11 Å². The summed E-state index contributed by atoms with van der Waals surface area (Å²) in [4.78, 5) is 23.6. The quantitative estimate of drug-likeness (QED) is 0.473. The largest absolute Gasteiger partial charge is 0.396 e. The zero-order valence-corrected chi connectivity index (χ0v) is 13.8. The number of unbranched alkanes of at least 4 members (excludes halogenated alkanes) is 1. The van der Waals surface area contributed by atoms with Gasteiger partial charge in [0.25, 0.3) is 0 Å². The number of fused-ring (bicyclic) bond motifs is 2. The fourth-order valence-corrected chi connectivity index (χ4v) is 3.35. The third kappa shape index (κ3) is 2.85. The summed E-state index contributed by atoms with van der Waals surface area (Å²) < 4.78 is 1.77. The maximum atomic E-state index is 12.6. The number of benzene rings is 2. The van der Waals surface area contributed by atoms with Crippen molar-refractivity contribution in [1.82, 2.24) is 19.5 Å². The number of nitrogens with one attached hydrogen (secondary N) is 2. The Labute approximate surface area is 144 Å². The second-order valence-corrected chi connectivity index (χ2v) is 6.19. The van der Waals surface area contributed by atoms with Crippen LogP contribution in [0, 0.1) is 0 Å². The van der Waals surface area contributed by atoms with Crippen LogP contribution in [0.1, 0.15) is 31.1 Å². The summed E-state index contributed by atoms with van der Waals surface area (Å²) in [5.74, 6) is 0.769. The van der Waals surface area contributed by atoms with E-state index in [4.69, 9.17) is 10.1 Å². The Balaban J connectivity index is 1.85. The molecule has 0 amide bonds. The van der Waals surface area contributed by atoms with Gasteiger partial charge in [-0.2, -0.15) is 0 Å². The number of hydrogen-bond acceptors (Lipinski definition) is 3. The van der Waals surface area contributed by atoms with Crippen LogP contribution in [-0.4, -0.2) is 31.2 Å². The van der Waals surface area contributed by atoms with Crippen LogP contribution in [-0.2, 0) is 0 Å². The normalized spacial score (nSPS) is 12.8. The summed E-state index contributed by atoms with van der Waals surface area (Å²) in [5.41, 5.74) is 3.38. The Morgan fingerprint density at radius 1 is 1.00 bits per heavy atom. The monoisotopic (exact) mass is 336 g/mol. The fraction of sp³-hybridized carbons (Fsp3) is 0.263. The van der Waals surface area contributed by atoms with E-state index in [1.165, 1.54) is 0 Å². The molecule has 25 heavy (non-hydrogen) atoms. The Kier molecular flexibility index (Phi) is 4.11. The highest BCUT2D eigenvalue weighted by molar-refractivity contribution is 5.76. The molecule has 0 fully saturated rings. The smallest absolute Gasteiger partial charge is 0.327 e. The van der Waals surface area contributed by atoms with E-state index < -0.39 is 0 Å². The van der Waals surface area contributed by atoms with Crippen LogP contribution >= 0.6 is 0 Å². The number of H-pyrrole nitrogens is 2. The van der Waals surface area contributed by atoms with E-state index >= 15 is 0 Å². The molecule has 2 heterocycles. The third-order valence-electron chi connectivity index (χ3n) is 4.54. The Bertz CT molecular complexity index is 1030. The maximum Gasteiger partial charge on any atom is 0.327 e. The Morgan fingerprint density at radius 3 is 2.56 bits per heavy atom. The number of aromatic nitrogens is 4. The van der Waals surface area contributed by atoms with Crippen molar-refractivity contribution >= 4 is 22.1 Å². The standard InChI is InChI=1S/C19H20N4O2/c24-12-6-5-11-17(18-20-13-7-1-2-8-14(13)21-18)23-16-10-4-3-9-15(16)22-19(23)25/h1-4,7-10,17,24H,5-6,11-12H2,(H,20,21)(H,22,25). The van der Waals surface area contributed by atoms with E-state index in [0.29, 0.717) is 6.42 Å². The molecule has 0 bridgehead atoms. The number of rotatable bonds is 6. The molecule has 4 rings (SSSR count). The topological polar surface area (TPSA) is 86.7 Å². The molecule has 0 aliphatic heterocycles. The predicted molar refractivity (Wildman–Crippen MR) is 97.7 cm³/mol. The van der Waals surface area contributed by atoms with Gasteiger partial charge in [0, 0.05) is 6.61 Å². The molecule has 2 aromatic heterocycles. The number of aliphatic hydroxyl groups excluding tert-OH is 1. The number of aliphatic hydroxyl groups is 1. The first-order chi connectivity index (χ1) is 12.3. The first kappa shape index (κ1) is 15.7. The number of para-hydroxylation sites is 4. The number of aromatic amines is 2. The lowest BCUT2D eigenvalue weighted by Gasteiger charge is -2.16. The van der Waals surface area contributed by atoms with Gasteiger partial charge >= 0.3 is 5.69 Å². The van der Waals surface area contributed by atoms with Gasteiger partial charge in [-0.1, -0.05) is 24.3 Å². The van der Waals surface area contributed by atoms with Gasteiger partial charge in [0.2, 0.25) is 0 Å². The molecule has 128 valence electrons. The minimum atomic E-state index is -0.206. The van der Waals surface area contributed by atoms with Crippen molar-refractivity contribution in [3.05, 3.63) is 64.8 Å². The molecule has 2 aromatic carbocycles. The fourth-order valence-electron chi connectivity index (χ4n) is 3.35. The molecular formula is C19H20N4O2. The van der Waals surface area contributed by atoms with Crippen molar-refractivity contribution in [2.45, 2.75) is 25.3 Å². The van der Waals surface area contributed by atoms with Gasteiger partial charge in [-0.3, -0.25) is 4.57 Å². The summed E-state index contributed by atoms with van der Waals surface area (Å²) >= 11 is 0. The van der Waals surface area contributed by atoms with Crippen LogP contribution < -0.4 is 5.69 Å². The minimum absolute atomic E-state index is 0.143. The second kappa shape index (κ2) is 6.57. The van der Waals surface area contributed by atoms with Crippen molar-refractivity contribution in [3.8, 4) is 0 Å². The molecule has 0 spiro atoms. The SMILES string of the molecule is O=c1[nH]c2ccccc2n1C(CCCCO)c1nc2ccccc2[nH]1. The van der Waals surface area contributed by atoms with Crippen LogP contribution in [0.3, 0.4) is 0 Å². The molecule has 6 nitrogen and oxygen atoms in total. The maximum absolute atomic E-state index is 12.6. The zero-order chi connectivity index (χ0) is 17.2. The molecule has 4 aromatic rings. The third-order valence-corrected chi connectivity index (χ3v) is 4.54. The summed E-state index contributed by atoms with van der Waals surface area (Å²) in [6.45, 7) is 0.148. The van der Waals surface area contributed by atoms with E-state index in [0.717, 1.165) is 40.7 Å². The van der Waals surface area contributed by atoms with Gasteiger partial charge in [-0.25, -0.2) is 9.78 Å². The van der Waals surface area contributed by atoms with Gasteiger partial charge in [0.1, 0.15) is 5.82 Å². The van der Waals surface area contributed by atoms with E-state index in [1.54, 1.807) is 4.57 Å². The van der Waals surface area contributed by atoms with Crippen molar-refractivity contribution in [2.75, 3.05) is 6.61 Å². The van der Waals surface area contributed by atoms with Gasteiger partial charge in [0.05, 0.1) is 28.1 Å².